The van der Waals surface area contributed by atoms with Gasteiger partial charge in [0.2, 0.25) is 0 Å². The number of thiophene rings is 1. The van der Waals surface area contributed by atoms with Crippen molar-refractivity contribution in [3.63, 3.8) is 0 Å². The van der Waals surface area contributed by atoms with E-state index in [1.165, 1.54) is 22.3 Å². The highest BCUT2D eigenvalue weighted by Crippen LogP contribution is 2.27. The van der Waals surface area contributed by atoms with Gasteiger partial charge in [-0.05, 0) is 29.5 Å². The molecule has 0 bridgehead atoms. The Hall–Kier alpha value is -2.44. The summed E-state index contributed by atoms with van der Waals surface area (Å²) in [7, 11) is 0. The number of thiazole rings is 1. The number of aromatic amines is 1. The molecule has 3 heterocycles. The molecule has 0 unspecified atom stereocenters. The average molecular weight is 353 g/mol. The van der Waals surface area contributed by atoms with Crippen molar-refractivity contribution in [2.75, 3.05) is 6.54 Å². The van der Waals surface area contributed by atoms with E-state index in [1.54, 1.807) is 11.3 Å². The van der Waals surface area contributed by atoms with Crippen LogP contribution in [0, 0.1) is 0 Å². The van der Waals surface area contributed by atoms with E-state index in [1.807, 2.05) is 41.2 Å². The number of H-pyrrole nitrogens is 1. The summed E-state index contributed by atoms with van der Waals surface area (Å²) >= 11 is 3.13. The number of hydrogen-bond acceptors (Lipinski definition) is 4. The summed E-state index contributed by atoms with van der Waals surface area (Å²) in [6.07, 6.45) is 2.80. The zero-order valence-corrected chi connectivity index (χ0v) is 14.4. The first-order valence-electron chi connectivity index (χ1n) is 7.64. The molecule has 2 N–H and O–H groups in total. The molecule has 0 aliphatic carbocycles. The maximum absolute atomic E-state index is 12.2. The van der Waals surface area contributed by atoms with Gasteiger partial charge < -0.3 is 10.3 Å². The molecule has 120 valence electrons. The molecule has 4 aromatic rings. The molecule has 0 radical (unpaired) electrons. The molecule has 0 aliphatic rings. The number of carbonyl (C=O) groups excluding carboxylic acids is 1. The van der Waals surface area contributed by atoms with Crippen LogP contribution in [0.4, 0.5) is 0 Å². The quantitative estimate of drug-likeness (QED) is 0.561. The van der Waals surface area contributed by atoms with Crippen LogP contribution in [0.1, 0.15) is 16.1 Å². The van der Waals surface area contributed by atoms with Crippen molar-refractivity contribution in [1.29, 1.82) is 0 Å². The molecule has 3 aromatic heterocycles. The van der Waals surface area contributed by atoms with E-state index < -0.39 is 0 Å². The lowest BCUT2D eigenvalue weighted by Crippen LogP contribution is -2.25. The molecule has 24 heavy (non-hydrogen) atoms. The van der Waals surface area contributed by atoms with Crippen LogP contribution in [0.25, 0.3) is 20.8 Å². The molecular formula is C18H15N3OS2. The number of fused-ring (bicyclic) bond motifs is 1. The van der Waals surface area contributed by atoms with Gasteiger partial charge in [0.15, 0.2) is 0 Å². The summed E-state index contributed by atoms with van der Waals surface area (Å²) in [6, 6.07) is 12.2. The molecule has 0 atom stereocenters. The van der Waals surface area contributed by atoms with Crippen LogP contribution in [0.15, 0.2) is 53.4 Å². The maximum Gasteiger partial charge on any atom is 0.270 e. The van der Waals surface area contributed by atoms with Crippen molar-refractivity contribution < 1.29 is 4.79 Å². The number of rotatable bonds is 5. The van der Waals surface area contributed by atoms with E-state index in [0.717, 1.165) is 21.8 Å². The Balaban J connectivity index is 1.38. The van der Waals surface area contributed by atoms with E-state index in [4.69, 9.17) is 0 Å². The van der Waals surface area contributed by atoms with Crippen molar-refractivity contribution in [1.82, 2.24) is 15.3 Å². The Morgan fingerprint density at radius 2 is 2.08 bits per heavy atom. The van der Waals surface area contributed by atoms with Gasteiger partial charge in [-0.2, -0.15) is 0 Å². The number of benzene rings is 1. The maximum atomic E-state index is 12.2. The number of nitrogens with one attached hydrogen (secondary N) is 2. The second-order valence-electron chi connectivity index (χ2n) is 5.38. The van der Waals surface area contributed by atoms with E-state index in [0.29, 0.717) is 12.2 Å². The highest BCUT2D eigenvalue weighted by molar-refractivity contribution is 7.20. The third-order valence-corrected chi connectivity index (χ3v) is 5.70. The van der Waals surface area contributed by atoms with E-state index >= 15 is 0 Å². The Morgan fingerprint density at radius 3 is 2.96 bits per heavy atom. The van der Waals surface area contributed by atoms with Gasteiger partial charge in [0.05, 0.1) is 4.88 Å². The van der Waals surface area contributed by atoms with Crippen LogP contribution in [-0.2, 0) is 6.42 Å². The number of carbonyl (C=O) groups is 1. The molecule has 1 aromatic carbocycles. The fraction of sp³-hybridized carbons (Fsp3) is 0.111. The van der Waals surface area contributed by atoms with Gasteiger partial charge in [0, 0.05) is 29.0 Å². The SMILES string of the molecule is O=C(NCCc1c[nH]c2ccccc12)c1csc(-c2cccs2)n1. The summed E-state index contributed by atoms with van der Waals surface area (Å²) in [5, 5.41) is 8.89. The highest BCUT2D eigenvalue weighted by Gasteiger charge is 2.12. The number of para-hydroxylation sites is 1. The lowest BCUT2D eigenvalue weighted by Gasteiger charge is -2.02. The van der Waals surface area contributed by atoms with Gasteiger partial charge >= 0.3 is 0 Å². The molecule has 1 amide bonds. The van der Waals surface area contributed by atoms with Crippen molar-refractivity contribution in [3.05, 3.63) is 64.6 Å². The Kier molecular flexibility index (Phi) is 4.15. The van der Waals surface area contributed by atoms with Gasteiger partial charge in [-0.25, -0.2) is 4.98 Å². The molecule has 4 nitrogen and oxygen atoms in total. The first-order valence-corrected chi connectivity index (χ1v) is 9.40. The smallest absolute Gasteiger partial charge is 0.270 e. The van der Waals surface area contributed by atoms with Gasteiger partial charge in [-0.3, -0.25) is 4.79 Å². The van der Waals surface area contributed by atoms with Gasteiger partial charge in [0.1, 0.15) is 10.7 Å². The molecule has 0 aliphatic heterocycles. The standard InChI is InChI=1S/C18H15N3OS2/c22-17(15-11-24-18(21-15)16-6-3-9-23-16)19-8-7-12-10-20-14-5-2-1-4-13(12)14/h1-6,9-11,20H,7-8H2,(H,19,22). The van der Waals surface area contributed by atoms with Gasteiger partial charge in [-0.15, -0.1) is 22.7 Å². The largest absolute Gasteiger partial charge is 0.361 e. The monoisotopic (exact) mass is 353 g/mol. The third kappa shape index (κ3) is 2.98. The molecule has 6 heteroatoms. The van der Waals surface area contributed by atoms with Crippen LogP contribution in [0.2, 0.25) is 0 Å². The van der Waals surface area contributed by atoms with Crippen LogP contribution in [-0.4, -0.2) is 22.4 Å². The topological polar surface area (TPSA) is 57.8 Å². The molecular weight excluding hydrogens is 338 g/mol. The summed E-state index contributed by atoms with van der Waals surface area (Å²) in [5.74, 6) is -0.117. The fourth-order valence-corrected chi connectivity index (χ4v) is 4.25. The lowest BCUT2D eigenvalue weighted by molar-refractivity contribution is 0.0950. The average Bonchev–Trinajstić information content (AvgIpc) is 3.35. The van der Waals surface area contributed by atoms with Crippen LogP contribution in [0.5, 0.6) is 0 Å². The van der Waals surface area contributed by atoms with E-state index in [-0.39, 0.29) is 5.91 Å². The minimum absolute atomic E-state index is 0.117. The second kappa shape index (κ2) is 6.59. The van der Waals surface area contributed by atoms with Crippen LogP contribution < -0.4 is 5.32 Å². The fourth-order valence-electron chi connectivity index (χ4n) is 2.63. The summed E-state index contributed by atoms with van der Waals surface area (Å²) in [5.41, 5.74) is 2.82. The van der Waals surface area contributed by atoms with Gasteiger partial charge in [0.25, 0.3) is 5.91 Å². The molecule has 0 saturated carbocycles. The number of nitrogens with zero attached hydrogens (tertiary/aromatic N) is 1. The predicted octanol–water partition coefficient (Wildman–Crippen LogP) is 4.33. The Morgan fingerprint density at radius 1 is 1.17 bits per heavy atom. The molecule has 0 saturated heterocycles. The second-order valence-corrected chi connectivity index (χ2v) is 7.19. The summed E-state index contributed by atoms with van der Waals surface area (Å²) < 4.78 is 0. The van der Waals surface area contributed by atoms with Crippen LogP contribution in [0.3, 0.4) is 0 Å². The number of aromatic nitrogens is 2. The molecule has 4 rings (SSSR count). The zero-order valence-electron chi connectivity index (χ0n) is 12.8. The minimum Gasteiger partial charge on any atom is -0.361 e. The zero-order chi connectivity index (χ0) is 16.4. The van der Waals surface area contributed by atoms with Crippen molar-refractivity contribution in [2.24, 2.45) is 0 Å². The molecule has 0 spiro atoms. The Bertz CT molecular complexity index is 969. The van der Waals surface area contributed by atoms with E-state index in [2.05, 4.69) is 27.4 Å². The lowest BCUT2D eigenvalue weighted by atomic mass is 10.1. The highest BCUT2D eigenvalue weighted by atomic mass is 32.1. The van der Waals surface area contributed by atoms with Crippen molar-refractivity contribution in [2.45, 2.75) is 6.42 Å². The first kappa shape index (κ1) is 15.1. The minimum atomic E-state index is -0.117. The van der Waals surface area contributed by atoms with Crippen molar-refractivity contribution >= 4 is 39.5 Å². The number of hydrogen-bond donors (Lipinski definition) is 2. The van der Waals surface area contributed by atoms with Crippen molar-refractivity contribution in [3.8, 4) is 9.88 Å². The summed E-state index contributed by atoms with van der Waals surface area (Å²) in [6.45, 7) is 0.590. The van der Waals surface area contributed by atoms with Gasteiger partial charge in [-0.1, -0.05) is 24.3 Å². The normalized spacial score (nSPS) is 11.0. The third-order valence-electron chi connectivity index (χ3n) is 3.82. The number of amides is 1. The van der Waals surface area contributed by atoms with Crippen LogP contribution >= 0.6 is 22.7 Å². The molecule has 0 fully saturated rings. The van der Waals surface area contributed by atoms with E-state index in [9.17, 15) is 4.79 Å². The Labute approximate surface area is 147 Å². The summed E-state index contributed by atoms with van der Waals surface area (Å²) in [4.78, 5) is 21.0. The first-order chi connectivity index (χ1) is 11.8. The predicted molar refractivity (Wildman–Crippen MR) is 99.8 cm³/mol.